The van der Waals surface area contributed by atoms with Crippen molar-refractivity contribution in [3.63, 3.8) is 0 Å². The molecule has 1 aromatic heterocycles. The second kappa shape index (κ2) is 8.74. The minimum Gasteiger partial charge on any atom is -0.493 e. The van der Waals surface area contributed by atoms with Gasteiger partial charge < -0.3 is 24.1 Å². The third-order valence-corrected chi connectivity index (χ3v) is 6.33. The van der Waals surface area contributed by atoms with E-state index < -0.39 is 0 Å². The van der Waals surface area contributed by atoms with Crippen LogP contribution in [0.4, 0.5) is 10.1 Å². The summed E-state index contributed by atoms with van der Waals surface area (Å²) in [5.41, 5.74) is 4.40. The van der Waals surface area contributed by atoms with Gasteiger partial charge in [0.25, 0.3) is 0 Å². The van der Waals surface area contributed by atoms with Gasteiger partial charge in [0.2, 0.25) is 11.7 Å². The van der Waals surface area contributed by atoms with Crippen LogP contribution in [0.5, 0.6) is 17.2 Å². The van der Waals surface area contributed by atoms with Crippen LogP contribution in [0, 0.1) is 5.82 Å². The van der Waals surface area contributed by atoms with Gasteiger partial charge in [0.05, 0.1) is 32.5 Å². The lowest BCUT2D eigenvalue weighted by molar-refractivity contribution is -0.116. The normalized spacial score (nSPS) is 15.1. The zero-order valence-corrected chi connectivity index (χ0v) is 19.2. The van der Waals surface area contributed by atoms with Crippen LogP contribution >= 0.6 is 0 Å². The molecule has 2 heterocycles. The lowest BCUT2D eigenvalue weighted by atomic mass is 9.87. The molecule has 0 unspecified atom stereocenters. The molecule has 1 aliphatic rings. The van der Waals surface area contributed by atoms with E-state index in [0.717, 1.165) is 33.3 Å². The molecule has 7 heteroatoms. The van der Waals surface area contributed by atoms with Gasteiger partial charge in [-0.15, -0.1) is 0 Å². The molecule has 0 saturated heterocycles. The summed E-state index contributed by atoms with van der Waals surface area (Å²) in [4.78, 5) is 12.9. The number of ether oxygens (including phenoxy) is 3. The number of aromatic nitrogens is 1. The predicted molar refractivity (Wildman–Crippen MR) is 129 cm³/mol. The van der Waals surface area contributed by atoms with Gasteiger partial charge in [0.15, 0.2) is 11.5 Å². The summed E-state index contributed by atoms with van der Waals surface area (Å²) in [5.74, 6) is 0.935. The van der Waals surface area contributed by atoms with Crippen molar-refractivity contribution in [2.75, 3.05) is 26.6 Å². The highest BCUT2D eigenvalue weighted by Crippen LogP contribution is 2.48. The Morgan fingerprint density at radius 3 is 2.50 bits per heavy atom. The number of benzene rings is 3. The SMILES string of the molecule is COc1ccc([C@@H]2CC(=O)Nc3cccc4c3c2cn4Cc2cccc(F)c2)c(OC)c1OC. The number of halogens is 1. The van der Waals surface area contributed by atoms with Gasteiger partial charge in [-0.25, -0.2) is 4.39 Å². The Hall–Kier alpha value is -4.00. The maximum atomic E-state index is 13.8. The number of anilines is 1. The fourth-order valence-electron chi connectivity index (χ4n) is 4.89. The van der Waals surface area contributed by atoms with Crippen LogP contribution in [-0.2, 0) is 11.3 Å². The molecule has 6 nitrogen and oxygen atoms in total. The third-order valence-electron chi connectivity index (χ3n) is 6.33. The van der Waals surface area contributed by atoms with Gasteiger partial charge in [-0.2, -0.15) is 0 Å². The molecule has 4 aromatic rings. The number of methoxy groups -OCH3 is 3. The third kappa shape index (κ3) is 3.63. The smallest absolute Gasteiger partial charge is 0.225 e. The average molecular weight is 461 g/mol. The van der Waals surface area contributed by atoms with Crippen molar-refractivity contribution in [3.05, 3.63) is 83.3 Å². The Balaban J connectivity index is 1.71. The largest absolute Gasteiger partial charge is 0.493 e. The minimum atomic E-state index is -0.283. The van der Waals surface area contributed by atoms with E-state index in [2.05, 4.69) is 16.1 Å². The summed E-state index contributed by atoms with van der Waals surface area (Å²) >= 11 is 0. The lowest BCUT2D eigenvalue weighted by Crippen LogP contribution is -2.14. The second-order valence-electron chi connectivity index (χ2n) is 8.27. The molecule has 0 radical (unpaired) electrons. The molecule has 1 aliphatic heterocycles. The first kappa shape index (κ1) is 21.8. The van der Waals surface area contributed by atoms with Gasteiger partial charge >= 0.3 is 0 Å². The molecule has 0 fully saturated rings. The van der Waals surface area contributed by atoms with E-state index in [0.29, 0.717) is 23.8 Å². The van der Waals surface area contributed by atoms with Crippen LogP contribution in [0.15, 0.2) is 60.8 Å². The number of hydrogen-bond donors (Lipinski definition) is 1. The topological polar surface area (TPSA) is 61.7 Å². The van der Waals surface area contributed by atoms with E-state index in [-0.39, 0.29) is 24.1 Å². The molecular weight excluding hydrogens is 435 g/mol. The highest BCUT2D eigenvalue weighted by molar-refractivity contribution is 6.06. The Morgan fingerprint density at radius 2 is 1.76 bits per heavy atom. The first-order valence-corrected chi connectivity index (χ1v) is 11.0. The molecule has 174 valence electrons. The van der Waals surface area contributed by atoms with Crippen molar-refractivity contribution in [2.24, 2.45) is 0 Å². The molecule has 1 amide bonds. The molecule has 0 aliphatic carbocycles. The Bertz CT molecular complexity index is 1400. The van der Waals surface area contributed by atoms with Crippen LogP contribution in [-0.4, -0.2) is 31.8 Å². The molecule has 0 spiro atoms. The molecule has 34 heavy (non-hydrogen) atoms. The number of nitrogens with one attached hydrogen (secondary N) is 1. The molecular formula is C27H25FN2O4. The van der Waals surface area contributed by atoms with Crippen molar-refractivity contribution < 1.29 is 23.4 Å². The number of carbonyl (C=O) groups excluding carboxylic acids is 1. The van der Waals surface area contributed by atoms with Crippen LogP contribution in [0.2, 0.25) is 0 Å². The zero-order valence-electron chi connectivity index (χ0n) is 19.2. The van der Waals surface area contributed by atoms with Crippen LogP contribution in [0.1, 0.15) is 29.0 Å². The zero-order chi connectivity index (χ0) is 23.8. The van der Waals surface area contributed by atoms with Crippen LogP contribution in [0.3, 0.4) is 0 Å². The standard InChI is InChI=1S/C27H25FN2O4/c1-32-23-11-10-18(26(33-2)27(23)34-3)19-13-24(31)29-21-8-5-9-22-25(21)20(19)15-30(22)14-16-6-4-7-17(28)12-16/h4-12,15,19H,13-14H2,1-3H3,(H,29,31)/t19-/m0/s1. The van der Waals surface area contributed by atoms with Gasteiger partial charge in [-0.3, -0.25) is 4.79 Å². The van der Waals surface area contributed by atoms with Crippen molar-refractivity contribution in [2.45, 2.75) is 18.9 Å². The van der Waals surface area contributed by atoms with Gasteiger partial charge in [0.1, 0.15) is 5.82 Å². The Labute approximate surface area is 196 Å². The van der Waals surface area contributed by atoms with E-state index in [4.69, 9.17) is 14.2 Å². The van der Waals surface area contributed by atoms with E-state index in [1.807, 2.05) is 36.4 Å². The molecule has 0 saturated carbocycles. The number of hydrogen-bond acceptors (Lipinski definition) is 4. The van der Waals surface area contributed by atoms with Crippen molar-refractivity contribution in [3.8, 4) is 17.2 Å². The summed E-state index contributed by atoms with van der Waals surface area (Å²) in [6.07, 6.45) is 2.29. The number of amides is 1. The van der Waals surface area contributed by atoms with E-state index in [1.54, 1.807) is 27.4 Å². The summed E-state index contributed by atoms with van der Waals surface area (Å²) < 4.78 is 32.7. The van der Waals surface area contributed by atoms with Gasteiger partial charge in [-0.05, 0) is 41.5 Å². The average Bonchev–Trinajstić information content (AvgIpc) is 3.13. The van der Waals surface area contributed by atoms with Gasteiger partial charge in [-0.1, -0.05) is 24.3 Å². The minimum absolute atomic E-state index is 0.0813. The first-order chi connectivity index (χ1) is 16.5. The van der Waals surface area contributed by atoms with Crippen LogP contribution in [0.25, 0.3) is 10.9 Å². The number of rotatable bonds is 6. The monoisotopic (exact) mass is 460 g/mol. The highest BCUT2D eigenvalue weighted by atomic mass is 19.1. The van der Waals surface area contributed by atoms with E-state index >= 15 is 0 Å². The summed E-state index contributed by atoms with van der Waals surface area (Å²) in [7, 11) is 4.71. The first-order valence-electron chi connectivity index (χ1n) is 11.0. The fraction of sp³-hybridized carbons (Fsp3) is 0.222. The predicted octanol–water partition coefficient (Wildman–Crippen LogP) is 5.33. The lowest BCUT2D eigenvalue weighted by Gasteiger charge is -2.21. The molecule has 3 aromatic carbocycles. The van der Waals surface area contributed by atoms with E-state index in [9.17, 15) is 9.18 Å². The molecule has 1 N–H and O–H groups in total. The van der Waals surface area contributed by atoms with Crippen molar-refractivity contribution in [1.82, 2.24) is 4.57 Å². The summed E-state index contributed by atoms with van der Waals surface area (Å²) in [6, 6.07) is 16.2. The van der Waals surface area contributed by atoms with Crippen LogP contribution < -0.4 is 19.5 Å². The fourth-order valence-corrected chi connectivity index (χ4v) is 4.89. The quantitative estimate of drug-likeness (QED) is 0.423. The maximum absolute atomic E-state index is 13.8. The maximum Gasteiger partial charge on any atom is 0.225 e. The van der Waals surface area contributed by atoms with Crippen molar-refractivity contribution >= 4 is 22.5 Å². The molecule has 0 bridgehead atoms. The molecule has 1 atom stereocenters. The summed E-state index contributed by atoms with van der Waals surface area (Å²) in [6.45, 7) is 0.501. The Kier molecular flexibility index (Phi) is 5.61. The number of nitrogens with zero attached hydrogens (tertiary/aromatic N) is 1. The summed E-state index contributed by atoms with van der Waals surface area (Å²) in [5, 5.41) is 4.02. The second-order valence-corrected chi connectivity index (χ2v) is 8.27. The van der Waals surface area contributed by atoms with Crippen molar-refractivity contribution in [1.29, 1.82) is 0 Å². The van der Waals surface area contributed by atoms with E-state index in [1.165, 1.54) is 12.1 Å². The highest BCUT2D eigenvalue weighted by Gasteiger charge is 2.31. The number of carbonyl (C=O) groups is 1. The van der Waals surface area contributed by atoms with Gasteiger partial charge in [0, 0.05) is 36.0 Å². The Morgan fingerprint density at radius 1 is 0.971 bits per heavy atom. The molecule has 5 rings (SSSR count).